The van der Waals surface area contributed by atoms with Crippen molar-refractivity contribution in [2.75, 3.05) is 20.2 Å². The Kier molecular flexibility index (Phi) is 9.82. The predicted molar refractivity (Wildman–Crippen MR) is 125 cm³/mol. The quantitative estimate of drug-likeness (QED) is 0.0918. The molecule has 0 spiro atoms. The molecular weight excluding hydrogens is 686 g/mol. The van der Waals surface area contributed by atoms with E-state index >= 15 is 0 Å². The number of hydrogen-bond acceptors (Lipinski definition) is 4. The van der Waals surface area contributed by atoms with Gasteiger partial charge in [-0.3, -0.25) is 9.97 Å². The summed E-state index contributed by atoms with van der Waals surface area (Å²) >= 11 is 2.01. The molecule has 4 rings (SSSR count). The molecule has 1 aliphatic rings. The van der Waals surface area contributed by atoms with Crippen molar-refractivity contribution >= 4 is 11.9 Å². The largest absolute Gasteiger partial charge is 0.295 e. The third-order valence-electron chi connectivity index (χ3n) is 4.39. The predicted octanol–water partition coefficient (Wildman–Crippen LogP) is 7.67. The molecule has 0 unspecified atom stereocenters. The van der Waals surface area contributed by atoms with Crippen LogP contribution in [-0.2, 0) is 24.1 Å². The van der Waals surface area contributed by atoms with Crippen molar-refractivity contribution in [2.45, 2.75) is 12.8 Å². The maximum atomic E-state index is 9.87. The SMILES string of the molecule is COC(=C=[C]=[Pt])N1CCCC1.F[P-](F)(F)(F)(F)F.[c-]1ccccc1-c1cccc(-c2ccccn2)n1. The van der Waals surface area contributed by atoms with Crippen LogP contribution in [0.3, 0.4) is 0 Å². The monoisotopic (exact) mass is 708 g/mol. The van der Waals surface area contributed by atoms with Gasteiger partial charge >= 0.3 is 111 Å². The molecule has 198 valence electrons. The fourth-order valence-electron chi connectivity index (χ4n) is 3.01. The Balaban J connectivity index is 0.000000217. The van der Waals surface area contributed by atoms with Gasteiger partial charge < -0.3 is 0 Å². The molecule has 1 aromatic carbocycles. The van der Waals surface area contributed by atoms with Crippen molar-refractivity contribution < 1.29 is 49.3 Å². The van der Waals surface area contributed by atoms with Gasteiger partial charge in [-0.15, -0.1) is 35.9 Å². The van der Waals surface area contributed by atoms with Crippen molar-refractivity contribution in [3.63, 3.8) is 0 Å². The van der Waals surface area contributed by atoms with Gasteiger partial charge in [0.15, 0.2) is 0 Å². The Hall–Kier alpha value is -2.75. The summed E-state index contributed by atoms with van der Waals surface area (Å²) in [7, 11) is -8.98. The van der Waals surface area contributed by atoms with Gasteiger partial charge in [0.2, 0.25) is 0 Å². The Morgan fingerprint density at radius 3 is 2.06 bits per heavy atom. The number of halogens is 6. The average molecular weight is 708 g/mol. The number of hydrogen-bond donors (Lipinski definition) is 0. The number of ether oxygens (including phenoxy) is 1. The smallest absolute Gasteiger partial charge is 0.0876 e. The zero-order chi connectivity index (χ0) is 26.7. The van der Waals surface area contributed by atoms with Crippen LogP contribution in [0, 0.1) is 6.07 Å². The van der Waals surface area contributed by atoms with E-state index in [-0.39, 0.29) is 0 Å². The third kappa shape index (κ3) is 12.8. The van der Waals surface area contributed by atoms with Crippen molar-refractivity contribution in [3.8, 4) is 22.6 Å². The minimum absolute atomic E-state index is 0.817. The van der Waals surface area contributed by atoms with Gasteiger partial charge in [-0.05, 0) is 23.9 Å². The molecule has 0 radical (unpaired) electrons. The van der Waals surface area contributed by atoms with E-state index in [2.05, 4.69) is 30.7 Å². The molecule has 1 fully saturated rings. The summed E-state index contributed by atoms with van der Waals surface area (Å²) < 4.78 is 67.1. The molecule has 12 heteroatoms. The van der Waals surface area contributed by atoms with E-state index in [1.54, 1.807) is 13.3 Å². The van der Waals surface area contributed by atoms with Crippen molar-refractivity contribution in [1.82, 2.24) is 14.9 Å². The Labute approximate surface area is 216 Å². The second kappa shape index (κ2) is 12.0. The third-order valence-corrected chi connectivity index (χ3v) is 4.68. The molecule has 0 N–H and O–H groups in total. The molecule has 36 heavy (non-hydrogen) atoms. The van der Waals surface area contributed by atoms with Crippen molar-refractivity contribution in [2.24, 2.45) is 0 Å². The molecule has 0 saturated carbocycles. The van der Waals surface area contributed by atoms with Gasteiger partial charge in [-0.1, -0.05) is 18.2 Å². The first kappa shape index (κ1) is 29.5. The molecule has 3 heterocycles. The van der Waals surface area contributed by atoms with Crippen molar-refractivity contribution in [3.05, 3.63) is 84.5 Å². The maximum Gasteiger partial charge on any atom is 0.0876 e. The van der Waals surface area contributed by atoms with Crippen LogP contribution in [0.4, 0.5) is 25.2 Å². The second-order valence-corrected chi connectivity index (χ2v) is 9.75. The van der Waals surface area contributed by atoms with E-state index in [9.17, 15) is 25.2 Å². The molecule has 0 atom stereocenters. The number of nitrogens with zero attached hydrogens (tertiary/aromatic N) is 3. The Morgan fingerprint density at radius 1 is 0.917 bits per heavy atom. The van der Waals surface area contributed by atoms with E-state index in [4.69, 9.17) is 4.74 Å². The minimum atomic E-state index is -10.7. The van der Waals surface area contributed by atoms with Gasteiger partial charge in [0.05, 0.1) is 11.4 Å². The fourth-order valence-corrected chi connectivity index (χ4v) is 3.25. The minimum Gasteiger partial charge on any atom is -0.295 e. The van der Waals surface area contributed by atoms with Gasteiger partial charge in [0, 0.05) is 6.20 Å². The molecular formula is C24H22F6N3OPPt-2. The summed E-state index contributed by atoms with van der Waals surface area (Å²) in [6.07, 6.45) is 4.30. The number of aromatic nitrogens is 2. The normalized spacial score (nSPS) is 14.4. The fraction of sp³-hybridized carbons (Fsp3) is 0.208. The molecule has 3 aromatic rings. The zero-order valence-corrected chi connectivity index (χ0v) is 22.1. The molecule has 4 nitrogen and oxygen atoms in total. The zero-order valence-electron chi connectivity index (χ0n) is 19.0. The summed E-state index contributed by atoms with van der Waals surface area (Å²) in [5.74, 6) is 0.817. The van der Waals surface area contributed by atoms with E-state index in [1.807, 2.05) is 80.0 Å². The van der Waals surface area contributed by atoms with Crippen LogP contribution in [0.5, 0.6) is 0 Å². The maximum absolute atomic E-state index is 10.7. The standard InChI is InChI=1S/C16H11N2.C8H11NO.F6P.Pt/c1-2-7-13(8-3-1)14-10-6-11-16(18-14)15-9-4-5-12-17-15;1-3-8(10-2)9-6-4-5-7-9;1-7(2,3,4,5)6;/h1-7,9-12H;4-7H2,2H3;;/q-1;;-1;. The first-order chi connectivity index (χ1) is 16.8. The number of methoxy groups -OCH3 is 1. The number of benzene rings is 1. The molecule has 0 bridgehead atoms. The number of pyridine rings is 2. The van der Waals surface area contributed by atoms with E-state index in [1.165, 1.54) is 12.8 Å². The van der Waals surface area contributed by atoms with Crippen LogP contribution in [-0.4, -0.2) is 39.1 Å². The van der Waals surface area contributed by atoms with Crippen LogP contribution < -0.4 is 0 Å². The van der Waals surface area contributed by atoms with E-state index in [0.717, 1.165) is 41.6 Å². The molecule has 1 aliphatic heterocycles. The Bertz CT molecular complexity index is 1140. The molecule has 0 amide bonds. The average Bonchev–Trinajstić information content (AvgIpc) is 3.37. The summed E-state index contributed by atoms with van der Waals surface area (Å²) in [6, 6.07) is 22.8. The van der Waals surface area contributed by atoms with Crippen molar-refractivity contribution in [1.29, 1.82) is 0 Å². The van der Waals surface area contributed by atoms with Gasteiger partial charge in [0.25, 0.3) is 0 Å². The Morgan fingerprint density at radius 2 is 1.53 bits per heavy atom. The summed E-state index contributed by atoms with van der Waals surface area (Å²) in [4.78, 5) is 11.1. The second-order valence-electron chi connectivity index (χ2n) is 7.27. The number of rotatable bonds is 4. The first-order valence-electron chi connectivity index (χ1n) is 10.4. The summed E-state index contributed by atoms with van der Waals surface area (Å²) in [5, 5.41) is 0. The topological polar surface area (TPSA) is 38.2 Å². The van der Waals surface area contributed by atoms with Crippen LogP contribution in [0.2, 0.25) is 0 Å². The summed E-state index contributed by atoms with van der Waals surface area (Å²) in [5.41, 5.74) is 6.61. The van der Waals surface area contributed by atoms with Crippen LogP contribution in [0.1, 0.15) is 12.8 Å². The summed E-state index contributed by atoms with van der Waals surface area (Å²) in [6.45, 7) is 2.18. The van der Waals surface area contributed by atoms with Gasteiger partial charge in [0.1, 0.15) is 0 Å². The van der Waals surface area contributed by atoms with Crippen LogP contribution >= 0.6 is 7.81 Å². The van der Waals surface area contributed by atoms with Gasteiger partial charge in [-0.25, -0.2) is 0 Å². The van der Waals surface area contributed by atoms with Crippen LogP contribution in [0.15, 0.2) is 78.5 Å². The molecule has 1 saturated heterocycles. The molecule has 2 aromatic heterocycles. The van der Waals surface area contributed by atoms with E-state index in [0.29, 0.717) is 0 Å². The first-order valence-corrected chi connectivity index (χ1v) is 13.6. The van der Waals surface area contributed by atoms with Crippen LogP contribution in [0.25, 0.3) is 22.6 Å². The van der Waals surface area contributed by atoms with Gasteiger partial charge in [-0.2, -0.15) is 0 Å². The molecule has 0 aliphatic carbocycles. The number of likely N-dealkylation sites (tertiary alicyclic amines) is 1. The van der Waals surface area contributed by atoms with E-state index < -0.39 is 7.81 Å².